The van der Waals surface area contributed by atoms with Crippen LogP contribution in [0, 0.1) is 6.42 Å². The first-order chi connectivity index (χ1) is 6.33. The standard InChI is InChI=1S/C12H15O/c1-2-3-9-12(13)10-11-7-5-4-6-8-11/h4-8,10H,2-3,9H2,1H3. The lowest BCUT2D eigenvalue weighted by Crippen LogP contribution is -1.98. The first-order valence-corrected chi connectivity index (χ1v) is 4.75. The summed E-state index contributed by atoms with van der Waals surface area (Å²) in [7, 11) is 0. The highest BCUT2D eigenvalue weighted by Crippen LogP contribution is 2.06. The van der Waals surface area contributed by atoms with Crippen LogP contribution in [0.1, 0.15) is 31.7 Å². The number of benzene rings is 1. The highest BCUT2D eigenvalue weighted by molar-refractivity contribution is 5.90. The fraction of sp³-hybridized carbons (Fsp3) is 0.333. The molecule has 0 spiro atoms. The van der Waals surface area contributed by atoms with Crippen molar-refractivity contribution in [3.8, 4) is 0 Å². The zero-order valence-electron chi connectivity index (χ0n) is 7.99. The third-order valence-corrected chi connectivity index (χ3v) is 1.90. The molecule has 0 fully saturated rings. The van der Waals surface area contributed by atoms with Gasteiger partial charge in [0.2, 0.25) is 0 Å². The number of hydrogen-bond donors (Lipinski definition) is 0. The molecule has 0 aromatic heterocycles. The Morgan fingerprint density at radius 1 is 1.31 bits per heavy atom. The molecule has 1 rings (SSSR count). The predicted octanol–water partition coefficient (Wildman–Crippen LogP) is 3.00. The first kappa shape index (κ1) is 9.97. The second-order valence-electron chi connectivity index (χ2n) is 3.12. The number of unbranched alkanes of at least 4 members (excludes halogenated alkanes) is 1. The Morgan fingerprint density at radius 3 is 2.62 bits per heavy atom. The SMILES string of the molecule is CCCCC(=O)[CH]c1ccccc1. The van der Waals surface area contributed by atoms with Crippen LogP contribution in [-0.2, 0) is 4.79 Å². The van der Waals surface area contributed by atoms with E-state index in [1.165, 1.54) is 0 Å². The fourth-order valence-corrected chi connectivity index (χ4v) is 1.16. The lowest BCUT2D eigenvalue weighted by Gasteiger charge is -1.98. The van der Waals surface area contributed by atoms with Crippen molar-refractivity contribution < 1.29 is 4.79 Å². The van der Waals surface area contributed by atoms with E-state index in [-0.39, 0.29) is 5.78 Å². The van der Waals surface area contributed by atoms with Crippen molar-refractivity contribution >= 4 is 5.78 Å². The van der Waals surface area contributed by atoms with Gasteiger partial charge in [-0.25, -0.2) is 0 Å². The van der Waals surface area contributed by atoms with Crippen LogP contribution in [0.15, 0.2) is 30.3 Å². The van der Waals surface area contributed by atoms with E-state index in [2.05, 4.69) is 6.92 Å². The van der Waals surface area contributed by atoms with E-state index in [0.717, 1.165) is 18.4 Å². The van der Waals surface area contributed by atoms with Crippen molar-refractivity contribution in [1.82, 2.24) is 0 Å². The molecule has 0 saturated heterocycles. The van der Waals surface area contributed by atoms with Gasteiger partial charge in [0.25, 0.3) is 0 Å². The van der Waals surface area contributed by atoms with Crippen molar-refractivity contribution in [3.63, 3.8) is 0 Å². The first-order valence-electron chi connectivity index (χ1n) is 4.75. The molecule has 0 bridgehead atoms. The Balaban J connectivity index is 2.37. The van der Waals surface area contributed by atoms with Crippen LogP contribution >= 0.6 is 0 Å². The van der Waals surface area contributed by atoms with Crippen LogP contribution in [0.2, 0.25) is 0 Å². The molecule has 0 aliphatic carbocycles. The maximum Gasteiger partial charge on any atom is 0.141 e. The van der Waals surface area contributed by atoms with Gasteiger partial charge in [0.1, 0.15) is 5.78 Å². The van der Waals surface area contributed by atoms with Gasteiger partial charge in [-0.05, 0) is 12.0 Å². The molecule has 0 amide bonds. The summed E-state index contributed by atoms with van der Waals surface area (Å²) in [5.74, 6) is 0.230. The Kier molecular flexibility index (Phi) is 4.24. The molecule has 1 heteroatoms. The topological polar surface area (TPSA) is 17.1 Å². The third-order valence-electron chi connectivity index (χ3n) is 1.90. The predicted molar refractivity (Wildman–Crippen MR) is 54.4 cm³/mol. The number of carbonyl (C=O) groups excluding carboxylic acids is 1. The number of rotatable bonds is 5. The van der Waals surface area contributed by atoms with Gasteiger partial charge in [0.15, 0.2) is 0 Å². The van der Waals surface area contributed by atoms with E-state index in [0.29, 0.717) is 6.42 Å². The zero-order chi connectivity index (χ0) is 9.52. The van der Waals surface area contributed by atoms with Crippen LogP contribution < -0.4 is 0 Å². The van der Waals surface area contributed by atoms with Gasteiger partial charge in [-0.2, -0.15) is 0 Å². The van der Waals surface area contributed by atoms with Crippen LogP contribution in [-0.4, -0.2) is 5.78 Å². The zero-order valence-corrected chi connectivity index (χ0v) is 7.99. The monoisotopic (exact) mass is 175 g/mol. The van der Waals surface area contributed by atoms with Gasteiger partial charge in [-0.1, -0.05) is 43.7 Å². The molecule has 1 nitrogen and oxygen atoms in total. The van der Waals surface area contributed by atoms with Gasteiger partial charge in [-0.15, -0.1) is 0 Å². The maximum absolute atomic E-state index is 11.3. The Hall–Kier alpha value is -1.11. The normalized spacial score (nSPS) is 9.92. The summed E-state index contributed by atoms with van der Waals surface area (Å²) < 4.78 is 0. The van der Waals surface area contributed by atoms with E-state index >= 15 is 0 Å². The summed E-state index contributed by atoms with van der Waals surface area (Å²) in [6.07, 6.45) is 4.46. The highest BCUT2D eigenvalue weighted by atomic mass is 16.1. The molecule has 1 aromatic rings. The van der Waals surface area contributed by atoms with Crippen molar-refractivity contribution in [2.75, 3.05) is 0 Å². The molecule has 0 heterocycles. The molecule has 0 aliphatic heterocycles. The number of carbonyl (C=O) groups is 1. The fourth-order valence-electron chi connectivity index (χ4n) is 1.16. The molecule has 0 aliphatic rings. The molecule has 1 aromatic carbocycles. The van der Waals surface area contributed by atoms with E-state index in [1.54, 1.807) is 6.42 Å². The van der Waals surface area contributed by atoms with Crippen LogP contribution in [0.25, 0.3) is 0 Å². The van der Waals surface area contributed by atoms with Crippen LogP contribution in [0.5, 0.6) is 0 Å². The van der Waals surface area contributed by atoms with Crippen molar-refractivity contribution in [2.24, 2.45) is 0 Å². The van der Waals surface area contributed by atoms with Crippen molar-refractivity contribution in [1.29, 1.82) is 0 Å². The molecular weight excluding hydrogens is 160 g/mol. The van der Waals surface area contributed by atoms with E-state index in [1.807, 2.05) is 30.3 Å². The lowest BCUT2D eigenvalue weighted by atomic mass is 10.1. The van der Waals surface area contributed by atoms with Gasteiger partial charge in [-0.3, -0.25) is 4.79 Å². The Bertz CT molecular complexity index is 251. The molecule has 1 radical (unpaired) electrons. The smallest absolute Gasteiger partial charge is 0.141 e. The minimum absolute atomic E-state index is 0.230. The number of hydrogen-bond acceptors (Lipinski definition) is 1. The minimum Gasteiger partial charge on any atom is -0.299 e. The van der Waals surface area contributed by atoms with Crippen molar-refractivity contribution in [3.05, 3.63) is 42.3 Å². The Morgan fingerprint density at radius 2 is 2.00 bits per heavy atom. The van der Waals surface area contributed by atoms with Gasteiger partial charge in [0.05, 0.1) is 6.42 Å². The second kappa shape index (κ2) is 5.52. The van der Waals surface area contributed by atoms with Gasteiger partial charge in [0, 0.05) is 6.42 Å². The van der Waals surface area contributed by atoms with Crippen LogP contribution in [0.4, 0.5) is 0 Å². The minimum atomic E-state index is 0.230. The van der Waals surface area contributed by atoms with Gasteiger partial charge < -0.3 is 0 Å². The van der Waals surface area contributed by atoms with E-state index < -0.39 is 0 Å². The maximum atomic E-state index is 11.3. The van der Waals surface area contributed by atoms with Crippen LogP contribution in [0.3, 0.4) is 0 Å². The molecule has 0 atom stereocenters. The quantitative estimate of drug-likeness (QED) is 0.672. The summed E-state index contributed by atoms with van der Waals surface area (Å²) in [4.78, 5) is 11.3. The summed E-state index contributed by atoms with van der Waals surface area (Å²) in [6.45, 7) is 2.09. The number of ketones is 1. The average molecular weight is 175 g/mol. The van der Waals surface area contributed by atoms with E-state index in [9.17, 15) is 4.79 Å². The second-order valence-corrected chi connectivity index (χ2v) is 3.12. The molecular formula is C12H15O. The summed E-state index contributed by atoms with van der Waals surface area (Å²) in [5.41, 5.74) is 1.00. The molecule has 13 heavy (non-hydrogen) atoms. The van der Waals surface area contributed by atoms with Gasteiger partial charge >= 0.3 is 0 Å². The molecule has 0 unspecified atom stereocenters. The molecule has 0 N–H and O–H groups in total. The number of Topliss-reactive ketones (excluding diaryl/α,β-unsaturated/α-hetero) is 1. The molecule has 69 valence electrons. The highest BCUT2D eigenvalue weighted by Gasteiger charge is 2.02. The third kappa shape index (κ3) is 3.88. The lowest BCUT2D eigenvalue weighted by molar-refractivity contribution is -0.115. The van der Waals surface area contributed by atoms with E-state index in [4.69, 9.17) is 0 Å². The summed E-state index contributed by atoms with van der Waals surface area (Å²) in [6, 6.07) is 9.74. The molecule has 0 saturated carbocycles. The summed E-state index contributed by atoms with van der Waals surface area (Å²) in [5, 5.41) is 0. The average Bonchev–Trinajstić information content (AvgIpc) is 2.16. The largest absolute Gasteiger partial charge is 0.299 e. The summed E-state index contributed by atoms with van der Waals surface area (Å²) >= 11 is 0. The Labute approximate surface area is 79.8 Å². The van der Waals surface area contributed by atoms with Crippen molar-refractivity contribution in [2.45, 2.75) is 26.2 Å².